The number of anilines is 1. The van der Waals surface area contributed by atoms with Gasteiger partial charge < -0.3 is 15.3 Å². The summed E-state index contributed by atoms with van der Waals surface area (Å²) in [6.07, 6.45) is 3.30. The number of nitrogens with one attached hydrogen (secondary N) is 2. The number of aromatic nitrogens is 2. The Morgan fingerprint density at radius 3 is 2.86 bits per heavy atom. The number of amides is 2. The van der Waals surface area contributed by atoms with Crippen molar-refractivity contribution in [2.75, 3.05) is 12.4 Å². The molecule has 1 aromatic heterocycles. The lowest BCUT2D eigenvalue weighted by atomic mass is 10.2. The maximum atomic E-state index is 12.1. The summed E-state index contributed by atoms with van der Waals surface area (Å²) >= 11 is 3.25. The van der Waals surface area contributed by atoms with Crippen molar-refractivity contribution < 1.29 is 14.7 Å². The number of aromatic amines is 1. The van der Waals surface area contributed by atoms with Gasteiger partial charge in [-0.2, -0.15) is 5.10 Å². The summed E-state index contributed by atoms with van der Waals surface area (Å²) in [7, 11) is 1.61. The van der Waals surface area contributed by atoms with E-state index in [1.54, 1.807) is 31.6 Å². The lowest BCUT2D eigenvalue weighted by Crippen LogP contribution is -2.31. The van der Waals surface area contributed by atoms with Gasteiger partial charge in [-0.15, -0.1) is 0 Å². The molecule has 0 saturated heterocycles. The average molecular weight is 353 g/mol. The van der Waals surface area contributed by atoms with E-state index < -0.39 is 12.0 Å². The fourth-order valence-electron chi connectivity index (χ4n) is 1.73. The fraction of sp³-hybridized carbons (Fsp3) is 0.154. The number of carbonyl (C=O) groups is 2. The number of benzene rings is 1. The molecule has 0 saturated carbocycles. The molecule has 1 aromatic carbocycles. The fourth-order valence-corrected chi connectivity index (χ4v) is 2.09. The molecule has 2 rings (SSSR count). The first-order valence-electron chi connectivity index (χ1n) is 6.00. The third-order valence-corrected chi connectivity index (χ3v) is 3.27. The monoisotopic (exact) mass is 352 g/mol. The first-order valence-corrected chi connectivity index (χ1v) is 6.79. The van der Waals surface area contributed by atoms with Crippen molar-refractivity contribution in [2.24, 2.45) is 0 Å². The Hall–Kier alpha value is -2.35. The van der Waals surface area contributed by atoms with E-state index in [-0.39, 0.29) is 11.3 Å². The van der Waals surface area contributed by atoms with Crippen LogP contribution in [0.1, 0.15) is 15.9 Å². The van der Waals surface area contributed by atoms with Crippen LogP contribution >= 0.6 is 15.9 Å². The number of urea groups is 1. The second-order valence-corrected chi connectivity index (χ2v) is 5.30. The van der Waals surface area contributed by atoms with Gasteiger partial charge in [0, 0.05) is 23.3 Å². The van der Waals surface area contributed by atoms with Gasteiger partial charge in [-0.3, -0.25) is 5.10 Å². The van der Waals surface area contributed by atoms with Crippen molar-refractivity contribution in [1.29, 1.82) is 0 Å². The Kier molecular flexibility index (Phi) is 4.59. The van der Waals surface area contributed by atoms with Crippen molar-refractivity contribution in [3.63, 3.8) is 0 Å². The summed E-state index contributed by atoms with van der Waals surface area (Å²) in [6.45, 7) is 0.360. The number of carbonyl (C=O) groups excluding carboxylic acids is 1. The molecule has 0 aliphatic heterocycles. The Morgan fingerprint density at radius 2 is 2.24 bits per heavy atom. The zero-order chi connectivity index (χ0) is 15.4. The molecule has 0 aliphatic rings. The van der Waals surface area contributed by atoms with Crippen molar-refractivity contribution in [2.45, 2.75) is 6.54 Å². The van der Waals surface area contributed by atoms with Gasteiger partial charge in [0.05, 0.1) is 24.0 Å². The normalized spacial score (nSPS) is 10.2. The molecule has 0 spiro atoms. The highest BCUT2D eigenvalue weighted by molar-refractivity contribution is 9.10. The van der Waals surface area contributed by atoms with Gasteiger partial charge in [0.25, 0.3) is 0 Å². The van der Waals surface area contributed by atoms with Crippen LogP contribution in [-0.4, -0.2) is 39.3 Å². The van der Waals surface area contributed by atoms with Gasteiger partial charge in [-0.05, 0) is 18.2 Å². The molecule has 21 heavy (non-hydrogen) atoms. The quantitative estimate of drug-likeness (QED) is 0.787. The third kappa shape index (κ3) is 3.82. The molecule has 1 heterocycles. The van der Waals surface area contributed by atoms with Crippen molar-refractivity contribution >= 4 is 33.6 Å². The van der Waals surface area contributed by atoms with Crippen molar-refractivity contribution in [3.05, 3.63) is 46.2 Å². The molecule has 7 nitrogen and oxygen atoms in total. The number of nitrogens with zero attached hydrogens (tertiary/aromatic N) is 2. The predicted octanol–water partition coefficient (Wildman–Crippen LogP) is 2.53. The van der Waals surface area contributed by atoms with Gasteiger partial charge in [0.1, 0.15) is 0 Å². The van der Waals surface area contributed by atoms with E-state index >= 15 is 0 Å². The van der Waals surface area contributed by atoms with Crippen LogP contribution in [0.5, 0.6) is 0 Å². The molecule has 0 fully saturated rings. The van der Waals surface area contributed by atoms with Crippen molar-refractivity contribution in [1.82, 2.24) is 15.1 Å². The van der Waals surface area contributed by atoms with E-state index in [1.165, 1.54) is 11.0 Å². The lowest BCUT2D eigenvalue weighted by molar-refractivity contribution is 0.0698. The molecule has 110 valence electrons. The molecule has 3 N–H and O–H groups in total. The van der Waals surface area contributed by atoms with Crippen LogP contribution in [-0.2, 0) is 6.54 Å². The van der Waals surface area contributed by atoms with Crippen LogP contribution in [0.4, 0.5) is 10.5 Å². The van der Waals surface area contributed by atoms with Crippen molar-refractivity contribution in [3.8, 4) is 0 Å². The van der Waals surface area contributed by atoms with Gasteiger partial charge in [-0.25, -0.2) is 9.59 Å². The van der Waals surface area contributed by atoms with Crippen LogP contribution in [0.15, 0.2) is 35.1 Å². The molecule has 2 amide bonds. The van der Waals surface area contributed by atoms with Crippen LogP contribution in [0, 0.1) is 0 Å². The number of halogens is 1. The maximum absolute atomic E-state index is 12.1. The number of hydrogen-bond acceptors (Lipinski definition) is 3. The highest BCUT2D eigenvalue weighted by Gasteiger charge is 2.15. The van der Waals surface area contributed by atoms with Crippen LogP contribution < -0.4 is 5.32 Å². The first-order chi connectivity index (χ1) is 9.97. The molecular weight excluding hydrogens is 340 g/mol. The summed E-state index contributed by atoms with van der Waals surface area (Å²) in [4.78, 5) is 24.7. The highest BCUT2D eigenvalue weighted by atomic mass is 79.9. The molecule has 0 atom stereocenters. The molecule has 0 aliphatic carbocycles. The Morgan fingerprint density at radius 1 is 1.48 bits per heavy atom. The average Bonchev–Trinajstić information content (AvgIpc) is 2.91. The summed E-state index contributed by atoms with van der Waals surface area (Å²) < 4.78 is 0.681. The second kappa shape index (κ2) is 6.40. The largest absolute Gasteiger partial charge is 0.478 e. The van der Waals surface area contributed by atoms with Gasteiger partial charge in [0.15, 0.2) is 0 Å². The van der Waals surface area contributed by atoms with E-state index in [2.05, 4.69) is 31.4 Å². The standard InChI is InChI=1S/C13H13BrN4O3/c1-18(7-8-5-15-16-6-8)13(21)17-11-4-9(14)2-3-10(11)12(19)20/h2-6H,7H2,1H3,(H,15,16)(H,17,21)(H,19,20). The molecule has 8 heteroatoms. The number of carboxylic acid groups (broad SMARTS) is 1. The van der Waals surface area contributed by atoms with E-state index in [0.717, 1.165) is 5.56 Å². The molecule has 0 unspecified atom stereocenters. The SMILES string of the molecule is CN(Cc1cn[nH]c1)C(=O)Nc1cc(Br)ccc1C(=O)O. The number of hydrogen-bond donors (Lipinski definition) is 3. The van der Waals surface area contributed by atoms with E-state index in [9.17, 15) is 9.59 Å². The minimum absolute atomic E-state index is 0.0308. The summed E-state index contributed by atoms with van der Waals surface area (Å²) in [5.41, 5.74) is 1.12. The van der Waals surface area contributed by atoms with Gasteiger partial charge >= 0.3 is 12.0 Å². The Labute approximate surface area is 129 Å². The Balaban J connectivity index is 2.11. The minimum Gasteiger partial charge on any atom is -0.478 e. The van der Waals surface area contributed by atoms with Gasteiger partial charge in [0.2, 0.25) is 0 Å². The maximum Gasteiger partial charge on any atom is 0.337 e. The zero-order valence-corrected chi connectivity index (χ0v) is 12.7. The van der Waals surface area contributed by atoms with Crippen LogP contribution in [0.2, 0.25) is 0 Å². The highest BCUT2D eigenvalue weighted by Crippen LogP contribution is 2.22. The lowest BCUT2D eigenvalue weighted by Gasteiger charge is -2.18. The number of rotatable bonds is 4. The van der Waals surface area contributed by atoms with Crippen LogP contribution in [0.25, 0.3) is 0 Å². The molecule has 0 bridgehead atoms. The predicted molar refractivity (Wildman–Crippen MR) is 80.2 cm³/mol. The third-order valence-electron chi connectivity index (χ3n) is 2.77. The number of carboxylic acids is 1. The topological polar surface area (TPSA) is 98.3 Å². The number of H-pyrrole nitrogens is 1. The summed E-state index contributed by atoms with van der Waals surface area (Å²) in [5, 5.41) is 18.2. The van der Waals surface area contributed by atoms with E-state index in [1.807, 2.05) is 0 Å². The van der Waals surface area contributed by atoms with E-state index in [0.29, 0.717) is 11.0 Å². The van der Waals surface area contributed by atoms with E-state index in [4.69, 9.17) is 5.11 Å². The molecular formula is C13H13BrN4O3. The zero-order valence-electron chi connectivity index (χ0n) is 11.1. The van der Waals surface area contributed by atoms with Gasteiger partial charge in [-0.1, -0.05) is 15.9 Å². The second-order valence-electron chi connectivity index (χ2n) is 4.39. The molecule has 2 aromatic rings. The first kappa shape index (κ1) is 15.0. The Bertz CT molecular complexity index is 657. The molecule has 0 radical (unpaired) electrons. The summed E-state index contributed by atoms with van der Waals surface area (Å²) in [6, 6.07) is 4.18. The minimum atomic E-state index is -1.10. The van der Waals surface area contributed by atoms with Crippen LogP contribution in [0.3, 0.4) is 0 Å². The smallest absolute Gasteiger partial charge is 0.337 e. The summed E-state index contributed by atoms with van der Waals surface area (Å²) in [5.74, 6) is -1.10. The number of aromatic carboxylic acids is 1.